The molecule has 5 nitrogen and oxygen atoms in total. The first-order valence-corrected chi connectivity index (χ1v) is 8.51. The molecule has 0 radical (unpaired) electrons. The predicted octanol–water partition coefficient (Wildman–Crippen LogP) is 3.29. The molecule has 0 saturated carbocycles. The molecule has 0 aromatic heterocycles. The molecular weight excluding hydrogens is 314 g/mol. The molecule has 0 aliphatic heterocycles. The summed E-state index contributed by atoms with van der Waals surface area (Å²) in [5, 5.41) is 5.87. The van der Waals surface area contributed by atoms with Crippen LogP contribution >= 0.6 is 0 Å². The van der Waals surface area contributed by atoms with Gasteiger partial charge < -0.3 is 15.5 Å². The maximum absolute atomic E-state index is 12.7. The summed E-state index contributed by atoms with van der Waals surface area (Å²) in [6, 6.07) is 16.8. The number of carbonyl (C=O) groups is 2. The Kier molecular flexibility index (Phi) is 6.71. The van der Waals surface area contributed by atoms with Gasteiger partial charge in [0.25, 0.3) is 5.91 Å². The lowest BCUT2D eigenvalue weighted by molar-refractivity contribution is -0.115. The van der Waals surface area contributed by atoms with E-state index in [2.05, 4.69) is 10.6 Å². The first kappa shape index (κ1) is 18.7. The number of hydrogen-bond donors (Lipinski definition) is 2. The molecule has 2 aromatic carbocycles. The number of benzene rings is 2. The van der Waals surface area contributed by atoms with Crippen molar-refractivity contribution in [3.05, 3.63) is 60.2 Å². The fourth-order valence-electron chi connectivity index (χ4n) is 2.41. The number of para-hydroxylation sites is 1. The van der Waals surface area contributed by atoms with Crippen LogP contribution in [-0.2, 0) is 4.79 Å². The van der Waals surface area contributed by atoms with E-state index in [-0.39, 0.29) is 24.4 Å². The topological polar surface area (TPSA) is 61.4 Å². The molecule has 0 unspecified atom stereocenters. The summed E-state index contributed by atoms with van der Waals surface area (Å²) in [4.78, 5) is 26.3. The van der Waals surface area contributed by atoms with Crippen LogP contribution in [0.1, 0.15) is 31.1 Å². The third-order valence-electron chi connectivity index (χ3n) is 3.72. The summed E-state index contributed by atoms with van der Waals surface area (Å²) >= 11 is 0. The Morgan fingerprint density at radius 1 is 1.00 bits per heavy atom. The van der Waals surface area contributed by atoms with Gasteiger partial charge in [0.05, 0.1) is 6.54 Å². The van der Waals surface area contributed by atoms with Crippen molar-refractivity contribution in [1.82, 2.24) is 5.32 Å². The Labute approximate surface area is 149 Å². The molecule has 132 valence electrons. The average molecular weight is 339 g/mol. The number of amides is 2. The fourth-order valence-corrected chi connectivity index (χ4v) is 2.41. The lowest BCUT2D eigenvalue weighted by Crippen LogP contribution is -2.32. The van der Waals surface area contributed by atoms with Crippen LogP contribution in [0.15, 0.2) is 54.6 Å². The Bertz CT molecular complexity index is 697. The zero-order valence-corrected chi connectivity index (χ0v) is 15.0. The molecule has 0 aliphatic rings. The van der Waals surface area contributed by atoms with Crippen LogP contribution in [-0.4, -0.2) is 30.9 Å². The smallest absolute Gasteiger partial charge is 0.258 e. The van der Waals surface area contributed by atoms with E-state index in [1.54, 1.807) is 29.2 Å². The second-order valence-corrected chi connectivity index (χ2v) is 6.05. The van der Waals surface area contributed by atoms with Crippen molar-refractivity contribution in [2.24, 2.45) is 0 Å². The molecule has 2 N–H and O–H groups in total. The van der Waals surface area contributed by atoms with Gasteiger partial charge in [0.15, 0.2) is 0 Å². The second-order valence-electron chi connectivity index (χ2n) is 6.05. The lowest BCUT2D eigenvalue weighted by atomic mass is 10.1. The Hall–Kier alpha value is -2.66. The Morgan fingerprint density at radius 2 is 1.64 bits per heavy atom. The second kappa shape index (κ2) is 8.99. The van der Waals surface area contributed by atoms with E-state index >= 15 is 0 Å². The highest BCUT2D eigenvalue weighted by Gasteiger charge is 2.15. The zero-order valence-electron chi connectivity index (χ0n) is 15.0. The van der Waals surface area contributed by atoms with Gasteiger partial charge in [0.2, 0.25) is 5.91 Å². The van der Waals surface area contributed by atoms with Crippen molar-refractivity contribution < 1.29 is 9.59 Å². The molecule has 2 aromatic rings. The van der Waals surface area contributed by atoms with Crippen molar-refractivity contribution in [1.29, 1.82) is 0 Å². The first-order valence-electron chi connectivity index (χ1n) is 8.51. The third kappa shape index (κ3) is 5.43. The first-order chi connectivity index (χ1) is 12.0. The summed E-state index contributed by atoms with van der Waals surface area (Å²) in [5.41, 5.74) is 2.13. The van der Waals surface area contributed by atoms with Crippen molar-refractivity contribution in [2.75, 3.05) is 23.3 Å². The minimum atomic E-state index is -0.104. The molecule has 0 heterocycles. The average Bonchev–Trinajstić information content (AvgIpc) is 2.62. The molecule has 2 amide bonds. The normalized spacial score (nSPS) is 10.6. The highest BCUT2D eigenvalue weighted by Crippen LogP contribution is 2.18. The van der Waals surface area contributed by atoms with E-state index in [9.17, 15) is 9.59 Å². The van der Waals surface area contributed by atoms with Crippen LogP contribution in [0.2, 0.25) is 0 Å². The lowest BCUT2D eigenvalue weighted by Gasteiger charge is -2.21. The number of nitrogens with one attached hydrogen (secondary N) is 2. The molecule has 0 spiro atoms. The van der Waals surface area contributed by atoms with Crippen LogP contribution in [0, 0.1) is 0 Å². The third-order valence-corrected chi connectivity index (χ3v) is 3.72. The molecular formula is C20H25N3O2. The molecule has 0 bridgehead atoms. The van der Waals surface area contributed by atoms with E-state index < -0.39 is 0 Å². The van der Waals surface area contributed by atoms with Crippen LogP contribution in [0.3, 0.4) is 0 Å². The van der Waals surface area contributed by atoms with Crippen LogP contribution in [0.4, 0.5) is 11.4 Å². The van der Waals surface area contributed by atoms with E-state index in [1.165, 1.54) is 0 Å². The van der Waals surface area contributed by atoms with Crippen molar-refractivity contribution >= 4 is 23.2 Å². The minimum Gasteiger partial charge on any atom is -0.325 e. The van der Waals surface area contributed by atoms with Crippen molar-refractivity contribution in [2.45, 2.75) is 26.8 Å². The molecule has 0 fully saturated rings. The minimum absolute atomic E-state index is 0.0620. The van der Waals surface area contributed by atoms with E-state index in [0.717, 1.165) is 5.69 Å². The van der Waals surface area contributed by atoms with Crippen LogP contribution in [0.5, 0.6) is 0 Å². The maximum Gasteiger partial charge on any atom is 0.258 e. The molecule has 0 atom stereocenters. The number of nitrogens with zero attached hydrogens (tertiary/aromatic N) is 1. The van der Waals surface area contributed by atoms with E-state index in [0.29, 0.717) is 17.8 Å². The predicted molar refractivity (Wildman–Crippen MR) is 102 cm³/mol. The molecule has 25 heavy (non-hydrogen) atoms. The zero-order chi connectivity index (χ0) is 18.2. The van der Waals surface area contributed by atoms with E-state index in [4.69, 9.17) is 0 Å². The van der Waals surface area contributed by atoms with Gasteiger partial charge in [-0.1, -0.05) is 32.0 Å². The number of hydrogen-bond acceptors (Lipinski definition) is 3. The summed E-state index contributed by atoms with van der Waals surface area (Å²) < 4.78 is 0. The van der Waals surface area contributed by atoms with E-state index in [1.807, 2.05) is 51.1 Å². The largest absolute Gasteiger partial charge is 0.325 e. The van der Waals surface area contributed by atoms with Crippen molar-refractivity contribution in [3.8, 4) is 0 Å². The Morgan fingerprint density at radius 3 is 2.20 bits per heavy atom. The highest BCUT2D eigenvalue weighted by atomic mass is 16.2. The monoisotopic (exact) mass is 339 g/mol. The summed E-state index contributed by atoms with van der Waals surface area (Å²) in [6.45, 7) is 6.76. The molecule has 2 rings (SSSR count). The maximum atomic E-state index is 12.7. The van der Waals surface area contributed by atoms with Gasteiger partial charge in [-0.15, -0.1) is 0 Å². The molecule has 0 aliphatic carbocycles. The summed E-state index contributed by atoms with van der Waals surface area (Å²) in [5.74, 6) is -0.166. The van der Waals surface area contributed by atoms with Gasteiger partial charge in [-0.25, -0.2) is 0 Å². The van der Waals surface area contributed by atoms with Gasteiger partial charge in [0, 0.05) is 29.5 Å². The number of anilines is 2. The quantitative estimate of drug-likeness (QED) is 0.814. The number of carbonyl (C=O) groups excluding carboxylic acids is 2. The standard InChI is InChI=1S/C20H25N3O2/c1-4-23(18-8-6-5-7-9-18)20(25)16-10-12-17(13-11-16)22-19(24)14-21-15(2)3/h5-13,15,21H,4,14H2,1-3H3,(H,22,24). The van der Waals surface area contributed by atoms with Gasteiger partial charge >= 0.3 is 0 Å². The SMILES string of the molecule is CCN(C(=O)c1ccc(NC(=O)CNC(C)C)cc1)c1ccccc1. The van der Waals surface area contributed by atoms with Gasteiger partial charge in [0.1, 0.15) is 0 Å². The molecule has 5 heteroatoms. The van der Waals surface area contributed by atoms with Gasteiger partial charge in [-0.3, -0.25) is 9.59 Å². The van der Waals surface area contributed by atoms with Gasteiger partial charge in [-0.2, -0.15) is 0 Å². The molecule has 0 saturated heterocycles. The van der Waals surface area contributed by atoms with Crippen LogP contribution < -0.4 is 15.5 Å². The fraction of sp³-hybridized carbons (Fsp3) is 0.300. The summed E-state index contributed by atoms with van der Waals surface area (Å²) in [7, 11) is 0. The number of rotatable bonds is 7. The highest BCUT2D eigenvalue weighted by molar-refractivity contribution is 6.06. The Balaban J connectivity index is 2.03. The van der Waals surface area contributed by atoms with Crippen LogP contribution in [0.25, 0.3) is 0 Å². The van der Waals surface area contributed by atoms with Gasteiger partial charge in [-0.05, 0) is 43.3 Å². The summed E-state index contributed by atoms with van der Waals surface area (Å²) in [6.07, 6.45) is 0. The van der Waals surface area contributed by atoms with Crippen molar-refractivity contribution in [3.63, 3.8) is 0 Å².